The Labute approximate surface area is 276 Å². The molecule has 3 aromatic heterocycles. The van der Waals surface area contributed by atoms with Gasteiger partial charge in [0.1, 0.15) is 18.0 Å². The highest BCUT2D eigenvalue weighted by Crippen LogP contribution is 2.27. The van der Waals surface area contributed by atoms with E-state index >= 15 is 0 Å². The summed E-state index contributed by atoms with van der Waals surface area (Å²) in [4.78, 5) is 32.0. The van der Waals surface area contributed by atoms with Crippen LogP contribution in [0.5, 0.6) is 5.75 Å². The average Bonchev–Trinajstić information content (AvgIpc) is 3.65. The van der Waals surface area contributed by atoms with Crippen LogP contribution in [0.15, 0.2) is 60.8 Å². The van der Waals surface area contributed by atoms with Crippen LogP contribution in [-0.2, 0) is 25.7 Å². The summed E-state index contributed by atoms with van der Waals surface area (Å²) in [6.07, 6.45) is -8.64. The molecule has 5 aromatic rings. The number of aryl methyl sites for hydroxylation is 1. The fourth-order valence-corrected chi connectivity index (χ4v) is 4.99. The van der Waals surface area contributed by atoms with Crippen LogP contribution in [-0.4, -0.2) is 53.0 Å². The van der Waals surface area contributed by atoms with Crippen LogP contribution < -0.4 is 10.1 Å². The van der Waals surface area contributed by atoms with E-state index in [1.807, 2.05) is 0 Å². The highest BCUT2D eigenvalue weighted by molar-refractivity contribution is 6.32. The van der Waals surface area contributed by atoms with Gasteiger partial charge in [-0.2, -0.15) is 23.1 Å². The molecule has 0 unspecified atom stereocenters. The van der Waals surface area contributed by atoms with Crippen LogP contribution in [0, 0.1) is 6.92 Å². The van der Waals surface area contributed by atoms with Gasteiger partial charge in [0.25, 0.3) is 11.7 Å². The molecule has 1 amide bonds. The van der Waals surface area contributed by atoms with E-state index in [4.69, 9.17) is 23.2 Å². The molecule has 0 saturated carbocycles. The van der Waals surface area contributed by atoms with Crippen LogP contribution in [0.1, 0.15) is 49.1 Å². The van der Waals surface area contributed by atoms with Gasteiger partial charge in [0.05, 0.1) is 10.7 Å². The maximum Gasteiger partial charge on any atom is 0.573 e. The van der Waals surface area contributed by atoms with Crippen LogP contribution in [0.25, 0.3) is 5.82 Å². The molecule has 5 rings (SSSR count). The van der Waals surface area contributed by atoms with E-state index in [0.717, 1.165) is 16.8 Å². The van der Waals surface area contributed by atoms with Crippen molar-refractivity contribution in [3.05, 3.63) is 110 Å². The van der Waals surface area contributed by atoms with Gasteiger partial charge in [0, 0.05) is 29.7 Å². The van der Waals surface area contributed by atoms with E-state index in [0.29, 0.717) is 21.5 Å². The first-order valence-electron chi connectivity index (χ1n) is 13.6. The number of hydrogen-bond acceptors (Lipinski definition) is 8. The minimum absolute atomic E-state index is 0.0498. The number of aromatic nitrogens is 7. The smallest absolute Gasteiger partial charge is 0.406 e. The van der Waals surface area contributed by atoms with Crippen molar-refractivity contribution >= 4 is 34.9 Å². The van der Waals surface area contributed by atoms with Crippen molar-refractivity contribution in [2.75, 3.05) is 0 Å². The van der Waals surface area contributed by atoms with Crippen molar-refractivity contribution < 1.29 is 40.7 Å². The van der Waals surface area contributed by atoms with E-state index in [9.17, 15) is 35.9 Å². The summed E-state index contributed by atoms with van der Waals surface area (Å²) >= 11 is 12.6. The Morgan fingerprint density at radius 2 is 1.71 bits per heavy atom. The number of Topliss-reactive ketones (excluding diaryl/α,β-unsaturated/α-hetero) is 1. The molecule has 250 valence electrons. The Kier molecular flexibility index (Phi) is 9.72. The lowest BCUT2D eigenvalue weighted by atomic mass is 9.95. The first kappa shape index (κ1) is 34.3. The molecule has 0 atom stereocenters. The number of hydrogen-bond donors (Lipinski definition) is 1. The molecule has 2 aromatic carbocycles. The second-order valence-electron chi connectivity index (χ2n) is 10.1. The molecular formula is C29H20Cl2F6N8O3. The highest BCUT2D eigenvalue weighted by atomic mass is 35.5. The van der Waals surface area contributed by atoms with E-state index in [1.54, 1.807) is 19.1 Å². The molecule has 19 heteroatoms. The van der Waals surface area contributed by atoms with Crippen molar-refractivity contribution in [1.82, 2.24) is 40.3 Å². The van der Waals surface area contributed by atoms with Crippen molar-refractivity contribution in [3.8, 4) is 11.6 Å². The second-order valence-corrected chi connectivity index (χ2v) is 10.9. The largest absolute Gasteiger partial charge is 0.573 e. The van der Waals surface area contributed by atoms with E-state index in [1.165, 1.54) is 36.5 Å². The molecule has 0 saturated heterocycles. The first-order valence-corrected chi connectivity index (χ1v) is 14.3. The molecule has 11 nitrogen and oxygen atoms in total. The molecule has 0 aliphatic carbocycles. The summed E-state index contributed by atoms with van der Waals surface area (Å²) in [7, 11) is 0. The predicted molar refractivity (Wildman–Crippen MR) is 157 cm³/mol. The lowest BCUT2D eigenvalue weighted by Crippen LogP contribution is -2.25. The maximum absolute atomic E-state index is 13.9. The van der Waals surface area contributed by atoms with E-state index < -0.39 is 42.3 Å². The van der Waals surface area contributed by atoms with Crippen molar-refractivity contribution in [2.24, 2.45) is 0 Å². The van der Waals surface area contributed by atoms with Gasteiger partial charge in [0.2, 0.25) is 0 Å². The first-order chi connectivity index (χ1) is 22.6. The Bertz CT molecular complexity index is 1980. The Morgan fingerprint density at radius 3 is 2.35 bits per heavy atom. The number of carbonyl (C=O) groups excluding carboxylic acids is 2. The number of halogens is 8. The van der Waals surface area contributed by atoms with E-state index in [-0.39, 0.29) is 45.8 Å². The van der Waals surface area contributed by atoms with Gasteiger partial charge in [-0.25, -0.2) is 9.67 Å². The number of alkyl halides is 6. The van der Waals surface area contributed by atoms with Crippen LogP contribution in [0.2, 0.25) is 10.0 Å². The molecule has 0 aliphatic heterocycles. The second kappa shape index (κ2) is 13.6. The van der Waals surface area contributed by atoms with Gasteiger partial charge in [0.15, 0.2) is 11.6 Å². The summed E-state index contributed by atoms with van der Waals surface area (Å²) < 4.78 is 81.4. The third kappa shape index (κ3) is 8.27. The lowest BCUT2D eigenvalue weighted by molar-refractivity contribution is -0.274. The van der Waals surface area contributed by atoms with Gasteiger partial charge < -0.3 is 10.1 Å². The number of rotatable bonds is 10. The lowest BCUT2D eigenvalue weighted by Gasteiger charge is -2.14. The van der Waals surface area contributed by atoms with Gasteiger partial charge in [-0.3, -0.25) is 9.59 Å². The molecule has 0 bridgehead atoms. The molecule has 0 fully saturated rings. The number of ketones is 1. The third-order valence-corrected chi connectivity index (χ3v) is 7.14. The number of nitrogens with zero attached hydrogens (tertiary/aromatic N) is 7. The number of ether oxygens (including phenoxy) is 1. The zero-order chi connectivity index (χ0) is 34.8. The Balaban J connectivity index is 1.41. The quantitative estimate of drug-likeness (QED) is 0.134. The predicted octanol–water partition coefficient (Wildman–Crippen LogP) is 6.19. The summed E-state index contributed by atoms with van der Waals surface area (Å²) in [5, 5.41) is 17.0. The van der Waals surface area contributed by atoms with Crippen molar-refractivity contribution in [3.63, 3.8) is 0 Å². The number of pyridine rings is 1. The average molecular weight is 713 g/mol. The SMILES string of the molecule is Cc1cc(Cl)cc(C(=O)NCc2ccc(OC(F)(F)F)cc2)c1CC(=O)c1cc(Cn2nnc(C(F)(F)F)n2)nn1-c1ncccc1Cl. The van der Waals surface area contributed by atoms with Gasteiger partial charge in [-0.15, -0.1) is 23.4 Å². The Hall–Kier alpha value is -5.03. The number of benzene rings is 2. The van der Waals surface area contributed by atoms with Crippen LogP contribution in [0.4, 0.5) is 26.3 Å². The molecule has 0 radical (unpaired) electrons. The number of carbonyl (C=O) groups is 2. The molecule has 0 spiro atoms. The highest BCUT2D eigenvalue weighted by Gasteiger charge is 2.37. The van der Waals surface area contributed by atoms with Crippen molar-refractivity contribution in [2.45, 2.75) is 39.0 Å². The minimum Gasteiger partial charge on any atom is -0.406 e. The molecule has 48 heavy (non-hydrogen) atoms. The fraction of sp³-hybridized carbons (Fsp3) is 0.207. The summed E-state index contributed by atoms with van der Waals surface area (Å²) in [5.41, 5.74) is 1.31. The fourth-order valence-electron chi connectivity index (χ4n) is 4.52. The Morgan fingerprint density at radius 1 is 0.979 bits per heavy atom. The van der Waals surface area contributed by atoms with Crippen molar-refractivity contribution in [1.29, 1.82) is 0 Å². The number of nitrogens with one attached hydrogen (secondary N) is 1. The van der Waals surface area contributed by atoms with Gasteiger partial charge in [-0.1, -0.05) is 35.3 Å². The van der Waals surface area contributed by atoms with Crippen LogP contribution in [0.3, 0.4) is 0 Å². The number of amides is 1. The molecule has 1 N–H and O–H groups in total. The van der Waals surface area contributed by atoms with Gasteiger partial charge >= 0.3 is 12.5 Å². The molecular weight excluding hydrogens is 693 g/mol. The van der Waals surface area contributed by atoms with E-state index in [2.05, 4.69) is 35.5 Å². The standard InChI is InChI=1S/C29H20Cl2F6N8O3/c1-15-9-17(30)10-21(26(47)39-13-16-4-6-19(7-5-16)48-29(35,36)37)20(15)12-24(46)23-11-18(14-44-42-27(40-43-44)28(32,33)34)41-45(23)25-22(31)3-2-8-38-25/h2-11H,12-14H2,1H3,(H,39,47). The summed E-state index contributed by atoms with van der Waals surface area (Å²) in [6, 6.07) is 12.1. The van der Waals surface area contributed by atoms with Crippen LogP contribution >= 0.6 is 23.2 Å². The zero-order valence-corrected chi connectivity index (χ0v) is 25.8. The maximum atomic E-state index is 13.9. The summed E-state index contributed by atoms with van der Waals surface area (Å²) in [6.45, 7) is 1.17. The molecule has 0 aliphatic rings. The minimum atomic E-state index is -4.85. The molecule has 3 heterocycles. The topological polar surface area (TPSA) is 130 Å². The third-order valence-electron chi connectivity index (χ3n) is 6.62. The zero-order valence-electron chi connectivity index (χ0n) is 24.3. The van der Waals surface area contributed by atoms with Gasteiger partial charge in [-0.05, 0) is 71.3 Å². The summed E-state index contributed by atoms with van der Waals surface area (Å²) in [5.74, 6) is -3.03. The monoisotopic (exact) mass is 712 g/mol. The normalized spacial score (nSPS) is 11.9. The number of tetrazole rings is 1.